The summed E-state index contributed by atoms with van der Waals surface area (Å²) >= 11 is 0. The zero-order valence-corrected chi connectivity index (χ0v) is 16.0. The van der Waals surface area contributed by atoms with Crippen molar-refractivity contribution < 1.29 is 16.8 Å². The van der Waals surface area contributed by atoms with Crippen LogP contribution in [0.25, 0.3) is 0 Å². The molecule has 0 aromatic heterocycles. The number of sulfonamides is 2. The first-order valence-electron chi connectivity index (χ1n) is 8.53. The van der Waals surface area contributed by atoms with Gasteiger partial charge >= 0.3 is 0 Å². The van der Waals surface area contributed by atoms with Gasteiger partial charge in [-0.2, -0.15) is 0 Å². The molecule has 1 saturated heterocycles. The second-order valence-corrected chi connectivity index (χ2v) is 10.0. The highest BCUT2D eigenvalue weighted by Gasteiger charge is 2.26. The van der Waals surface area contributed by atoms with Crippen LogP contribution in [0.4, 0.5) is 5.69 Å². The number of nitrogens with zero attached hydrogens (tertiary/aromatic N) is 1. The van der Waals surface area contributed by atoms with Crippen LogP contribution in [0.5, 0.6) is 0 Å². The predicted molar refractivity (Wildman–Crippen MR) is 102 cm³/mol. The van der Waals surface area contributed by atoms with Crippen molar-refractivity contribution in [2.75, 3.05) is 23.1 Å². The molecule has 1 aliphatic heterocycles. The largest absolute Gasteiger partial charge is 0.270 e. The van der Waals surface area contributed by atoms with Crippen LogP contribution in [0.15, 0.2) is 59.5 Å². The summed E-state index contributed by atoms with van der Waals surface area (Å²) in [5.74, 6) is 0.133. The van der Waals surface area contributed by atoms with Gasteiger partial charge in [0.05, 0.1) is 16.3 Å². The third kappa shape index (κ3) is 4.44. The van der Waals surface area contributed by atoms with Gasteiger partial charge in [-0.3, -0.25) is 4.31 Å². The Bertz CT molecular complexity index is 940. The summed E-state index contributed by atoms with van der Waals surface area (Å²) in [5.41, 5.74) is 1.56. The summed E-state index contributed by atoms with van der Waals surface area (Å²) in [5, 5.41) is 0. The molecule has 3 rings (SSSR count). The molecule has 0 amide bonds. The number of rotatable bonds is 6. The van der Waals surface area contributed by atoms with E-state index in [2.05, 4.69) is 4.72 Å². The predicted octanol–water partition coefficient (Wildman–Crippen LogP) is 2.14. The van der Waals surface area contributed by atoms with Crippen molar-refractivity contribution >= 4 is 25.7 Å². The monoisotopic (exact) mass is 394 g/mol. The molecule has 0 unspecified atom stereocenters. The van der Waals surface area contributed by atoms with Crippen molar-refractivity contribution in [1.29, 1.82) is 0 Å². The summed E-state index contributed by atoms with van der Waals surface area (Å²) in [6, 6.07) is 15.6. The Morgan fingerprint density at radius 3 is 2.31 bits per heavy atom. The number of anilines is 1. The highest BCUT2D eigenvalue weighted by molar-refractivity contribution is 7.92. The molecule has 0 saturated carbocycles. The van der Waals surface area contributed by atoms with Gasteiger partial charge in [0.15, 0.2) is 0 Å². The van der Waals surface area contributed by atoms with E-state index in [0.717, 1.165) is 12.0 Å². The fourth-order valence-electron chi connectivity index (χ4n) is 2.93. The molecular weight excluding hydrogens is 372 g/mol. The molecule has 6 nitrogen and oxygen atoms in total. The van der Waals surface area contributed by atoms with E-state index in [1.807, 2.05) is 30.3 Å². The summed E-state index contributed by atoms with van der Waals surface area (Å²) in [6.07, 6.45) is 2.07. The molecule has 26 heavy (non-hydrogen) atoms. The highest BCUT2D eigenvalue weighted by Crippen LogP contribution is 2.24. The Balaban J connectivity index is 1.67. The minimum absolute atomic E-state index is 0.128. The van der Waals surface area contributed by atoms with Crippen molar-refractivity contribution in [3.8, 4) is 0 Å². The lowest BCUT2D eigenvalue weighted by atomic mass is 10.2. The van der Waals surface area contributed by atoms with Gasteiger partial charge in [0.2, 0.25) is 20.0 Å². The van der Waals surface area contributed by atoms with Crippen molar-refractivity contribution in [3.05, 3.63) is 60.2 Å². The molecule has 0 radical (unpaired) electrons. The van der Waals surface area contributed by atoms with Gasteiger partial charge in [-0.05, 0) is 49.1 Å². The van der Waals surface area contributed by atoms with Gasteiger partial charge in [0.1, 0.15) is 0 Å². The lowest BCUT2D eigenvalue weighted by Crippen LogP contribution is -2.37. The van der Waals surface area contributed by atoms with E-state index >= 15 is 0 Å². The first kappa shape index (κ1) is 18.9. The molecule has 140 valence electrons. The van der Waals surface area contributed by atoms with E-state index in [4.69, 9.17) is 0 Å². The Morgan fingerprint density at radius 1 is 0.962 bits per heavy atom. The second-order valence-electron chi connectivity index (χ2n) is 6.22. The topological polar surface area (TPSA) is 83.6 Å². The average Bonchev–Trinajstić information content (AvgIpc) is 2.62. The summed E-state index contributed by atoms with van der Waals surface area (Å²) in [7, 11) is -6.93. The van der Waals surface area contributed by atoms with Gasteiger partial charge in [-0.1, -0.05) is 30.3 Å². The van der Waals surface area contributed by atoms with E-state index in [0.29, 0.717) is 31.6 Å². The van der Waals surface area contributed by atoms with Crippen LogP contribution in [0, 0.1) is 0 Å². The Kier molecular flexibility index (Phi) is 5.64. The zero-order chi connectivity index (χ0) is 18.6. The lowest BCUT2D eigenvalue weighted by molar-refractivity contribution is 0.574. The average molecular weight is 395 g/mol. The number of nitrogens with one attached hydrogen (secondary N) is 1. The first-order chi connectivity index (χ1) is 12.4. The highest BCUT2D eigenvalue weighted by atomic mass is 32.2. The summed E-state index contributed by atoms with van der Waals surface area (Å²) in [4.78, 5) is 0.128. The molecule has 8 heteroatoms. The third-order valence-corrected chi connectivity index (χ3v) is 7.68. The van der Waals surface area contributed by atoms with Crippen molar-refractivity contribution in [3.63, 3.8) is 0 Å². The Labute approximate surface area is 155 Å². The molecule has 1 aliphatic rings. The maximum atomic E-state index is 12.4. The maximum absolute atomic E-state index is 12.4. The smallest absolute Gasteiger partial charge is 0.240 e. The number of benzene rings is 2. The zero-order valence-electron chi connectivity index (χ0n) is 14.3. The summed E-state index contributed by atoms with van der Waals surface area (Å²) < 4.78 is 53.0. The molecule has 0 atom stereocenters. The minimum atomic E-state index is -3.62. The van der Waals surface area contributed by atoms with E-state index in [9.17, 15) is 16.8 Å². The van der Waals surface area contributed by atoms with Crippen LogP contribution in [0.2, 0.25) is 0 Å². The third-order valence-electron chi connectivity index (χ3n) is 4.33. The van der Waals surface area contributed by atoms with Crippen LogP contribution < -0.4 is 9.03 Å². The fraction of sp³-hybridized carbons (Fsp3) is 0.333. The first-order valence-corrected chi connectivity index (χ1v) is 11.6. The fourth-order valence-corrected chi connectivity index (χ4v) is 5.60. The van der Waals surface area contributed by atoms with E-state index < -0.39 is 20.0 Å². The second kappa shape index (κ2) is 7.77. The SMILES string of the molecule is O=S(=O)(NCCc1ccccc1)c1ccc(N2CCCCS2(=O)=O)cc1. The molecule has 2 aromatic carbocycles. The van der Waals surface area contributed by atoms with Crippen LogP contribution in [0.1, 0.15) is 18.4 Å². The van der Waals surface area contributed by atoms with Gasteiger partial charge in [0, 0.05) is 13.1 Å². The van der Waals surface area contributed by atoms with Crippen LogP contribution >= 0.6 is 0 Å². The minimum Gasteiger partial charge on any atom is -0.270 e. The van der Waals surface area contributed by atoms with E-state index in [-0.39, 0.29) is 10.6 Å². The quantitative estimate of drug-likeness (QED) is 0.814. The van der Waals surface area contributed by atoms with E-state index in [1.165, 1.54) is 16.4 Å². The molecule has 0 aliphatic carbocycles. The van der Waals surface area contributed by atoms with Gasteiger partial charge in [-0.25, -0.2) is 21.6 Å². The van der Waals surface area contributed by atoms with Gasteiger partial charge in [0.25, 0.3) is 0 Å². The molecule has 2 aromatic rings. The molecule has 1 N–H and O–H groups in total. The maximum Gasteiger partial charge on any atom is 0.240 e. The van der Waals surface area contributed by atoms with E-state index in [1.54, 1.807) is 12.1 Å². The van der Waals surface area contributed by atoms with Crippen molar-refractivity contribution in [1.82, 2.24) is 4.72 Å². The number of hydrogen-bond donors (Lipinski definition) is 1. The summed E-state index contributed by atoms with van der Waals surface area (Å²) in [6.45, 7) is 0.734. The molecular formula is C18H22N2O4S2. The lowest BCUT2D eigenvalue weighted by Gasteiger charge is -2.28. The van der Waals surface area contributed by atoms with Crippen LogP contribution in [0.3, 0.4) is 0 Å². The molecule has 1 fully saturated rings. The normalized spacial score (nSPS) is 17.2. The van der Waals surface area contributed by atoms with Gasteiger partial charge in [-0.15, -0.1) is 0 Å². The van der Waals surface area contributed by atoms with Crippen LogP contribution in [-0.2, 0) is 26.5 Å². The molecule has 0 spiro atoms. The van der Waals surface area contributed by atoms with Crippen molar-refractivity contribution in [2.24, 2.45) is 0 Å². The molecule has 0 bridgehead atoms. The molecule has 1 heterocycles. The van der Waals surface area contributed by atoms with Crippen LogP contribution in [-0.4, -0.2) is 35.7 Å². The Morgan fingerprint density at radius 2 is 1.65 bits per heavy atom. The van der Waals surface area contributed by atoms with Crippen molar-refractivity contribution in [2.45, 2.75) is 24.2 Å². The van der Waals surface area contributed by atoms with Gasteiger partial charge < -0.3 is 0 Å². The number of hydrogen-bond acceptors (Lipinski definition) is 4. The Hall–Kier alpha value is -1.90. The standard InChI is InChI=1S/C18H22N2O4S2/c21-25(22)15-5-4-14-20(25)17-8-10-18(11-9-17)26(23,24)19-13-12-16-6-2-1-3-7-16/h1-3,6-11,19H,4-5,12-15H2.